The number of anilines is 3. The Bertz CT molecular complexity index is 1380. The van der Waals surface area contributed by atoms with E-state index in [1.165, 1.54) is 30.0 Å². The van der Waals surface area contributed by atoms with Crippen molar-refractivity contribution in [2.24, 2.45) is 0 Å². The maximum absolute atomic E-state index is 13.1. The molecule has 3 aromatic rings. The van der Waals surface area contributed by atoms with Crippen LogP contribution in [0.15, 0.2) is 59.5 Å². The fourth-order valence-electron chi connectivity index (χ4n) is 3.74. The van der Waals surface area contributed by atoms with Crippen molar-refractivity contribution in [2.45, 2.75) is 25.7 Å². The van der Waals surface area contributed by atoms with Crippen molar-refractivity contribution in [3.8, 4) is 11.5 Å². The van der Waals surface area contributed by atoms with Gasteiger partial charge < -0.3 is 15.0 Å². The summed E-state index contributed by atoms with van der Waals surface area (Å²) in [5, 5.41) is 2.72. The summed E-state index contributed by atoms with van der Waals surface area (Å²) in [5.41, 5.74) is 2.90. The van der Waals surface area contributed by atoms with Crippen LogP contribution in [0.25, 0.3) is 0 Å². The lowest BCUT2D eigenvalue weighted by molar-refractivity contribution is -0.114. The van der Waals surface area contributed by atoms with E-state index in [-0.39, 0.29) is 28.0 Å². The third-order valence-corrected chi connectivity index (χ3v) is 6.69. The van der Waals surface area contributed by atoms with Crippen LogP contribution in [0.3, 0.4) is 0 Å². The van der Waals surface area contributed by atoms with Crippen molar-refractivity contribution in [2.75, 3.05) is 22.0 Å². The highest BCUT2D eigenvalue weighted by atomic mass is 32.2. The molecule has 0 saturated carbocycles. The summed E-state index contributed by atoms with van der Waals surface area (Å²) in [6, 6.07) is 14.7. The van der Waals surface area contributed by atoms with Crippen LogP contribution < -0.4 is 19.7 Å². The van der Waals surface area contributed by atoms with Crippen LogP contribution in [0.4, 0.5) is 17.1 Å². The number of carbonyl (C=O) groups excluding carboxylic acids is 2. The summed E-state index contributed by atoms with van der Waals surface area (Å²) >= 11 is 0. The molecule has 0 saturated heterocycles. The number of carbonyl (C=O) groups is 2. The number of hydrogen-bond donors (Lipinski definition) is 2. The van der Waals surface area contributed by atoms with E-state index in [1.807, 2.05) is 12.1 Å². The topological polar surface area (TPSA) is 105 Å². The molecule has 9 heteroatoms. The summed E-state index contributed by atoms with van der Waals surface area (Å²) in [7, 11) is -2.31. The van der Waals surface area contributed by atoms with Crippen molar-refractivity contribution in [3.05, 3.63) is 71.3 Å². The van der Waals surface area contributed by atoms with Crippen molar-refractivity contribution >= 4 is 38.9 Å². The minimum Gasteiger partial charge on any atom is -0.454 e. The van der Waals surface area contributed by atoms with Crippen LogP contribution in [-0.2, 0) is 14.8 Å². The summed E-state index contributed by atoms with van der Waals surface area (Å²) in [6.07, 6.45) is 0. The van der Waals surface area contributed by atoms with E-state index in [0.717, 1.165) is 0 Å². The Labute approximate surface area is 192 Å². The van der Waals surface area contributed by atoms with Gasteiger partial charge in [-0.1, -0.05) is 12.1 Å². The summed E-state index contributed by atoms with van der Waals surface area (Å²) in [6.45, 7) is 4.84. The molecular weight excluding hydrogens is 442 g/mol. The third-order valence-electron chi connectivity index (χ3n) is 5.33. The van der Waals surface area contributed by atoms with Gasteiger partial charge >= 0.3 is 0 Å². The molecule has 2 N–H and O–H groups in total. The molecule has 1 aliphatic rings. The van der Waals surface area contributed by atoms with Crippen LogP contribution in [-0.4, -0.2) is 27.3 Å². The second kappa shape index (κ2) is 8.25. The number of amides is 2. The number of nitrogens with zero attached hydrogens (tertiary/aromatic N) is 1. The number of ether oxygens (including phenoxy) is 1. The van der Waals surface area contributed by atoms with E-state index in [1.54, 1.807) is 45.2 Å². The number of nitrogens with one attached hydrogen (secondary N) is 2. The molecule has 170 valence electrons. The molecule has 8 nitrogen and oxygen atoms in total. The molecule has 0 unspecified atom stereocenters. The Morgan fingerprint density at radius 1 is 0.970 bits per heavy atom. The zero-order valence-corrected chi connectivity index (χ0v) is 19.4. The van der Waals surface area contributed by atoms with Gasteiger partial charge in [0.15, 0.2) is 5.75 Å². The lowest BCUT2D eigenvalue weighted by Crippen LogP contribution is -2.25. The van der Waals surface area contributed by atoms with E-state index in [9.17, 15) is 18.0 Å². The average molecular weight is 466 g/mol. The van der Waals surface area contributed by atoms with Crippen LogP contribution in [0.5, 0.6) is 11.5 Å². The smallest absolute Gasteiger partial charge is 0.261 e. The van der Waals surface area contributed by atoms with Crippen molar-refractivity contribution in [1.82, 2.24) is 0 Å². The molecule has 1 aliphatic heterocycles. The fraction of sp³-hybridized carbons (Fsp3) is 0.167. The van der Waals surface area contributed by atoms with Gasteiger partial charge in [-0.25, -0.2) is 8.42 Å². The molecule has 0 radical (unpaired) electrons. The normalized spacial score (nSPS) is 12.8. The van der Waals surface area contributed by atoms with Gasteiger partial charge in [-0.05, 0) is 67.4 Å². The van der Waals surface area contributed by atoms with Crippen molar-refractivity contribution in [3.63, 3.8) is 0 Å². The molecule has 33 heavy (non-hydrogen) atoms. The first kappa shape index (κ1) is 22.3. The molecule has 0 bridgehead atoms. The molecule has 2 amide bonds. The maximum atomic E-state index is 13.1. The number of fused-ring (bicyclic) bond motifs is 2. The molecule has 3 aromatic carbocycles. The highest BCUT2D eigenvalue weighted by molar-refractivity contribution is 7.92. The quantitative estimate of drug-likeness (QED) is 0.593. The third kappa shape index (κ3) is 4.27. The fourth-order valence-corrected chi connectivity index (χ4v) is 4.96. The Kier molecular flexibility index (Phi) is 5.59. The SMILES string of the molecule is CC(=O)Nc1c(C)cc(S(=O)(=O)Nc2ccc3c(c2)C(=O)N(C)c2ccccc2O3)cc1C. The van der Waals surface area contributed by atoms with E-state index < -0.39 is 10.0 Å². The Hall–Kier alpha value is -3.85. The van der Waals surface area contributed by atoms with Crippen LogP contribution in [0.2, 0.25) is 0 Å². The molecule has 0 aromatic heterocycles. The lowest BCUT2D eigenvalue weighted by atomic mass is 10.1. The predicted molar refractivity (Wildman–Crippen MR) is 127 cm³/mol. The molecule has 0 spiro atoms. The van der Waals surface area contributed by atoms with Gasteiger partial charge in [0.05, 0.1) is 16.1 Å². The van der Waals surface area contributed by atoms with E-state index in [0.29, 0.717) is 34.0 Å². The minimum atomic E-state index is -3.95. The van der Waals surface area contributed by atoms with Gasteiger partial charge in [0.25, 0.3) is 15.9 Å². The summed E-state index contributed by atoms with van der Waals surface area (Å²) < 4.78 is 34.6. The van der Waals surface area contributed by atoms with Gasteiger partial charge in [0.2, 0.25) is 5.91 Å². The van der Waals surface area contributed by atoms with Gasteiger partial charge in [-0.3, -0.25) is 14.3 Å². The molecule has 0 aliphatic carbocycles. The van der Waals surface area contributed by atoms with Crippen molar-refractivity contribution < 1.29 is 22.7 Å². The molecule has 1 heterocycles. The number of rotatable bonds is 4. The minimum absolute atomic E-state index is 0.0497. The first-order chi connectivity index (χ1) is 15.6. The van der Waals surface area contributed by atoms with Gasteiger partial charge in [0.1, 0.15) is 5.75 Å². The highest BCUT2D eigenvalue weighted by Gasteiger charge is 2.26. The average Bonchev–Trinajstić information content (AvgIpc) is 2.85. The standard InChI is InChI=1S/C24H23N3O5S/c1-14-11-18(12-15(2)23(14)25-16(3)28)33(30,31)26-17-9-10-21-19(13-17)24(29)27(4)20-7-5-6-8-22(20)32-21/h5-13,26H,1-4H3,(H,25,28). The van der Waals surface area contributed by atoms with Crippen molar-refractivity contribution in [1.29, 1.82) is 0 Å². The first-order valence-electron chi connectivity index (χ1n) is 10.2. The lowest BCUT2D eigenvalue weighted by Gasteiger charge is -2.16. The number of benzene rings is 3. The Morgan fingerprint density at radius 2 is 1.64 bits per heavy atom. The number of aryl methyl sites for hydroxylation is 2. The van der Waals surface area contributed by atoms with Gasteiger partial charge in [0, 0.05) is 25.3 Å². The van der Waals surface area contributed by atoms with Crippen LogP contribution >= 0.6 is 0 Å². The van der Waals surface area contributed by atoms with E-state index in [2.05, 4.69) is 10.0 Å². The molecular formula is C24H23N3O5S. The number of para-hydroxylation sites is 2. The zero-order valence-electron chi connectivity index (χ0n) is 18.6. The van der Waals surface area contributed by atoms with Gasteiger partial charge in [-0.2, -0.15) is 0 Å². The monoisotopic (exact) mass is 465 g/mol. The van der Waals surface area contributed by atoms with E-state index >= 15 is 0 Å². The Balaban J connectivity index is 1.67. The largest absolute Gasteiger partial charge is 0.454 e. The zero-order chi connectivity index (χ0) is 23.9. The number of sulfonamides is 1. The van der Waals surface area contributed by atoms with Crippen LogP contribution in [0, 0.1) is 13.8 Å². The predicted octanol–water partition coefficient (Wildman–Crippen LogP) is 4.44. The second-order valence-corrected chi connectivity index (χ2v) is 9.55. The summed E-state index contributed by atoms with van der Waals surface area (Å²) in [4.78, 5) is 26.0. The van der Waals surface area contributed by atoms with Gasteiger partial charge in [-0.15, -0.1) is 0 Å². The molecule has 0 fully saturated rings. The second-order valence-electron chi connectivity index (χ2n) is 7.86. The number of hydrogen-bond acceptors (Lipinski definition) is 5. The maximum Gasteiger partial charge on any atom is 0.261 e. The molecule has 0 atom stereocenters. The highest BCUT2D eigenvalue weighted by Crippen LogP contribution is 2.39. The van der Waals surface area contributed by atoms with Crippen LogP contribution in [0.1, 0.15) is 28.4 Å². The summed E-state index contributed by atoms with van der Waals surface area (Å²) in [5.74, 6) is 0.318. The Morgan fingerprint density at radius 3 is 2.30 bits per heavy atom. The molecule has 4 rings (SSSR count). The van der Waals surface area contributed by atoms with E-state index in [4.69, 9.17) is 4.74 Å². The first-order valence-corrected chi connectivity index (χ1v) is 11.7.